The van der Waals surface area contributed by atoms with Crippen LogP contribution < -0.4 is 4.74 Å². The first-order valence-electron chi connectivity index (χ1n) is 7.61. The van der Waals surface area contributed by atoms with E-state index in [1.807, 2.05) is 47.7 Å². The fourth-order valence-corrected chi connectivity index (χ4v) is 3.47. The first-order valence-corrected chi connectivity index (χ1v) is 8.49. The summed E-state index contributed by atoms with van der Waals surface area (Å²) in [5.74, 6) is 1.09. The second-order valence-electron chi connectivity index (χ2n) is 5.54. The van der Waals surface area contributed by atoms with Gasteiger partial charge in [0, 0.05) is 24.3 Å². The second-order valence-corrected chi connectivity index (χ2v) is 6.48. The van der Waals surface area contributed by atoms with Crippen molar-refractivity contribution in [2.24, 2.45) is 0 Å². The molecule has 116 valence electrons. The molecule has 22 heavy (non-hydrogen) atoms. The van der Waals surface area contributed by atoms with Crippen molar-refractivity contribution in [3.8, 4) is 5.75 Å². The zero-order valence-electron chi connectivity index (χ0n) is 12.7. The van der Waals surface area contributed by atoms with Crippen LogP contribution in [-0.2, 0) is 11.2 Å². The second kappa shape index (κ2) is 6.92. The smallest absolute Gasteiger partial charge is 0.223 e. The van der Waals surface area contributed by atoms with Crippen molar-refractivity contribution in [3.63, 3.8) is 0 Å². The van der Waals surface area contributed by atoms with Gasteiger partial charge in [0.2, 0.25) is 5.91 Å². The van der Waals surface area contributed by atoms with E-state index in [1.165, 1.54) is 4.88 Å². The number of thiazole rings is 1. The predicted molar refractivity (Wildman–Crippen MR) is 87.2 cm³/mol. The fourth-order valence-electron chi connectivity index (χ4n) is 2.69. The Morgan fingerprint density at radius 3 is 2.95 bits per heavy atom. The van der Waals surface area contributed by atoms with E-state index >= 15 is 0 Å². The van der Waals surface area contributed by atoms with Crippen LogP contribution in [0.5, 0.6) is 5.75 Å². The monoisotopic (exact) mass is 316 g/mol. The molecule has 0 radical (unpaired) electrons. The largest absolute Gasteiger partial charge is 0.489 e. The Hall–Kier alpha value is -1.88. The van der Waals surface area contributed by atoms with Gasteiger partial charge in [0.05, 0.1) is 17.7 Å². The number of hydrogen-bond acceptors (Lipinski definition) is 4. The minimum absolute atomic E-state index is 0.108. The minimum atomic E-state index is 0.108. The summed E-state index contributed by atoms with van der Waals surface area (Å²) < 4.78 is 5.92. The van der Waals surface area contributed by atoms with Crippen LogP contribution in [0, 0.1) is 6.92 Å². The van der Waals surface area contributed by atoms with E-state index in [1.54, 1.807) is 11.3 Å². The van der Waals surface area contributed by atoms with Crippen LogP contribution >= 0.6 is 11.3 Å². The molecular formula is C17H20N2O2S. The lowest BCUT2D eigenvalue weighted by atomic mass is 10.2. The number of aryl methyl sites for hydroxylation is 2. The molecule has 1 aromatic carbocycles. The van der Waals surface area contributed by atoms with Gasteiger partial charge in [-0.15, -0.1) is 11.3 Å². The molecule has 1 aliphatic rings. The predicted octanol–water partition coefficient (Wildman–Crippen LogP) is 3.06. The summed E-state index contributed by atoms with van der Waals surface area (Å²) in [6.45, 7) is 3.48. The number of aromatic nitrogens is 1. The number of likely N-dealkylation sites (tertiary alicyclic amines) is 1. The van der Waals surface area contributed by atoms with E-state index in [9.17, 15) is 4.79 Å². The van der Waals surface area contributed by atoms with Crippen molar-refractivity contribution in [1.82, 2.24) is 9.88 Å². The van der Waals surface area contributed by atoms with Gasteiger partial charge < -0.3 is 9.64 Å². The standard InChI is InChI=1S/C17H20N2O2S/c1-13-16(22-12-18-13)7-8-17(20)19-10-9-15(11-19)21-14-5-3-2-4-6-14/h2-6,12,15H,7-11H2,1H3/t15-/m1/s1. The Balaban J connectivity index is 1.47. The van der Waals surface area contributed by atoms with Crippen molar-refractivity contribution >= 4 is 17.2 Å². The Kier molecular flexibility index (Phi) is 4.73. The highest BCUT2D eigenvalue weighted by Crippen LogP contribution is 2.20. The molecule has 2 aromatic rings. The first-order chi connectivity index (χ1) is 10.7. The molecule has 0 saturated carbocycles. The summed E-state index contributed by atoms with van der Waals surface area (Å²) in [6, 6.07) is 9.81. The van der Waals surface area contributed by atoms with Crippen molar-refractivity contribution in [1.29, 1.82) is 0 Å². The Bertz CT molecular complexity index is 627. The molecule has 1 fully saturated rings. The molecule has 1 amide bonds. The molecule has 2 heterocycles. The van der Waals surface area contributed by atoms with Crippen molar-refractivity contribution in [2.45, 2.75) is 32.3 Å². The molecular weight excluding hydrogens is 296 g/mol. The SMILES string of the molecule is Cc1ncsc1CCC(=O)N1CC[C@@H](Oc2ccccc2)C1. The molecule has 0 aliphatic carbocycles. The van der Waals surface area contributed by atoms with Gasteiger partial charge in [-0.25, -0.2) is 4.98 Å². The Morgan fingerprint density at radius 2 is 2.23 bits per heavy atom. The van der Waals surface area contributed by atoms with Crippen LogP contribution in [0.25, 0.3) is 0 Å². The van der Waals surface area contributed by atoms with Crippen molar-refractivity contribution in [2.75, 3.05) is 13.1 Å². The number of ether oxygens (including phenoxy) is 1. The number of para-hydroxylation sites is 1. The lowest BCUT2D eigenvalue weighted by Gasteiger charge is -2.17. The lowest BCUT2D eigenvalue weighted by molar-refractivity contribution is -0.130. The van der Waals surface area contributed by atoms with E-state index in [0.29, 0.717) is 13.0 Å². The number of carbonyl (C=O) groups excluding carboxylic acids is 1. The average molecular weight is 316 g/mol. The quantitative estimate of drug-likeness (QED) is 0.851. The van der Waals surface area contributed by atoms with Gasteiger partial charge in [-0.05, 0) is 25.5 Å². The molecule has 1 saturated heterocycles. The number of nitrogens with zero attached hydrogens (tertiary/aromatic N) is 2. The summed E-state index contributed by atoms with van der Waals surface area (Å²) in [7, 11) is 0. The lowest BCUT2D eigenvalue weighted by Crippen LogP contribution is -2.31. The van der Waals surface area contributed by atoms with Crippen LogP contribution in [-0.4, -0.2) is 35.0 Å². The zero-order valence-corrected chi connectivity index (χ0v) is 13.5. The Labute approximate surface area is 134 Å². The van der Waals surface area contributed by atoms with E-state index < -0.39 is 0 Å². The molecule has 0 bridgehead atoms. The van der Waals surface area contributed by atoms with Crippen molar-refractivity contribution < 1.29 is 9.53 Å². The summed E-state index contributed by atoms with van der Waals surface area (Å²) in [5.41, 5.74) is 2.89. The third-order valence-corrected chi connectivity index (χ3v) is 4.95. The molecule has 1 atom stereocenters. The van der Waals surface area contributed by atoms with E-state index in [4.69, 9.17) is 4.74 Å². The van der Waals surface area contributed by atoms with Crippen LogP contribution in [0.4, 0.5) is 0 Å². The maximum atomic E-state index is 12.3. The number of rotatable bonds is 5. The van der Waals surface area contributed by atoms with Crippen LogP contribution in [0.1, 0.15) is 23.4 Å². The van der Waals surface area contributed by atoms with Gasteiger partial charge in [-0.3, -0.25) is 4.79 Å². The number of benzene rings is 1. The maximum Gasteiger partial charge on any atom is 0.223 e. The number of carbonyl (C=O) groups is 1. The average Bonchev–Trinajstić information content (AvgIpc) is 3.15. The number of amides is 1. The van der Waals surface area contributed by atoms with Crippen LogP contribution in [0.3, 0.4) is 0 Å². The third-order valence-electron chi connectivity index (χ3n) is 3.95. The van der Waals surface area contributed by atoms with E-state index in [-0.39, 0.29) is 12.0 Å². The summed E-state index contributed by atoms with van der Waals surface area (Å²) in [4.78, 5) is 19.7. The molecule has 4 nitrogen and oxygen atoms in total. The van der Waals surface area contributed by atoms with Gasteiger partial charge >= 0.3 is 0 Å². The molecule has 0 N–H and O–H groups in total. The van der Waals surface area contributed by atoms with Gasteiger partial charge in [0.1, 0.15) is 11.9 Å². The maximum absolute atomic E-state index is 12.3. The summed E-state index contributed by atoms with van der Waals surface area (Å²) >= 11 is 1.63. The summed E-state index contributed by atoms with van der Waals surface area (Å²) in [5, 5.41) is 0. The van der Waals surface area contributed by atoms with E-state index in [0.717, 1.165) is 30.8 Å². The van der Waals surface area contributed by atoms with Crippen molar-refractivity contribution in [3.05, 3.63) is 46.4 Å². The molecule has 3 rings (SSSR count). The third kappa shape index (κ3) is 3.65. The molecule has 1 aliphatic heterocycles. The summed E-state index contributed by atoms with van der Waals surface area (Å²) in [6.07, 6.45) is 2.36. The minimum Gasteiger partial charge on any atom is -0.489 e. The normalized spacial score (nSPS) is 17.7. The first kappa shape index (κ1) is 15.0. The molecule has 1 aromatic heterocycles. The number of hydrogen-bond donors (Lipinski definition) is 0. The van der Waals surface area contributed by atoms with Gasteiger partial charge in [-0.2, -0.15) is 0 Å². The Morgan fingerprint density at radius 1 is 1.41 bits per heavy atom. The topological polar surface area (TPSA) is 42.4 Å². The molecule has 0 spiro atoms. The van der Waals surface area contributed by atoms with Gasteiger partial charge in [0.15, 0.2) is 0 Å². The van der Waals surface area contributed by atoms with Crippen LogP contribution in [0.15, 0.2) is 35.8 Å². The zero-order chi connectivity index (χ0) is 15.4. The highest BCUT2D eigenvalue weighted by molar-refractivity contribution is 7.09. The van der Waals surface area contributed by atoms with Gasteiger partial charge in [-0.1, -0.05) is 18.2 Å². The van der Waals surface area contributed by atoms with Crippen LogP contribution in [0.2, 0.25) is 0 Å². The molecule has 0 unspecified atom stereocenters. The molecule has 5 heteroatoms. The van der Waals surface area contributed by atoms with Gasteiger partial charge in [0.25, 0.3) is 0 Å². The highest BCUT2D eigenvalue weighted by atomic mass is 32.1. The highest BCUT2D eigenvalue weighted by Gasteiger charge is 2.27. The fraction of sp³-hybridized carbons (Fsp3) is 0.412. The van der Waals surface area contributed by atoms with E-state index in [2.05, 4.69) is 4.98 Å².